The van der Waals surface area contributed by atoms with Crippen molar-refractivity contribution in [2.24, 2.45) is 5.92 Å². The Morgan fingerprint density at radius 1 is 0.861 bits per heavy atom. The van der Waals surface area contributed by atoms with Crippen molar-refractivity contribution in [2.75, 3.05) is 23.2 Å². The first kappa shape index (κ1) is 24.2. The van der Waals surface area contributed by atoms with Gasteiger partial charge in [-0.05, 0) is 67.4 Å². The molecule has 2 aliphatic heterocycles. The zero-order chi connectivity index (χ0) is 25.2. The number of anilines is 2. The van der Waals surface area contributed by atoms with Gasteiger partial charge in [0, 0.05) is 5.02 Å². The Morgan fingerprint density at radius 3 is 2.31 bits per heavy atom. The highest BCUT2D eigenvalue weighted by Crippen LogP contribution is 2.48. The van der Waals surface area contributed by atoms with E-state index in [0.717, 1.165) is 17.7 Å². The molecule has 0 aliphatic carbocycles. The third kappa shape index (κ3) is 4.29. The highest BCUT2D eigenvalue weighted by Gasteiger charge is 2.60. The molecule has 0 radical (unpaired) electrons. The molecule has 2 aliphatic rings. The number of ether oxygens (including phenoxy) is 2. The largest absolute Gasteiger partial charge is 0.490 e. The Labute approximate surface area is 215 Å². The average Bonchev–Trinajstić information content (AvgIpc) is 3.40. The number of nitrogens with zero attached hydrogens (tertiary/aromatic N) is 2. The van der Waals surface area contributed by atoms with E-state index >= 15 is 0 Å². The van der Waals surface area contributed by atoms with E-state index in [2.05, 4.69) is 0 Å². The average molecular weight is 507 g/mol. The Balaban J connectivity index is 1.57. The number of carbonyl (C=O) groups is 2. The predicted octanol–water partition coefficient (Wildman–Crippen LogP) is 5.58. The normalized spacial score (nSPS) is 21.1. The second kappa shape index (κ2) is 10.2. The van der Waals surface area contributed by atoms with Gasteiger partial charge in [-0.25, -0.2) is 9.96 Å². The highest BCUT2D eigenvalue weighted by atomic mass is 35.5. The van der Waals surface area contributed by atoms with Crippen molar-refractivity contribution in [2.45, 2.75) is 32.4 Å². The molecule has 0 bridgehead atoms. The molecule has 3 aromatic carbocycles. The number of benzene rings is 3. The number of imide groups is 1. The Bertz CT molecular complexity index is 1250. The van der Waals surface area contributed by atoms with Gasteiger partial charge in [0.15, 0.2) is 17.6 Å². The van der Waals surface area contributed by atoms with Crippen LogP contribution in [0.25, 0.3) is 0 Å². The molecule has 186 valence electrons. The maximum absolute atomic E-state index is 13.8. The highest BCUT2D eigenvalue weighted by molar-refractivity contribution is 6.31. The van der Waals surface area contributed by atoms with Crippen LogP contribution in [0.2, 0.25) is 5.02 Å². The van der Waals surface area contributed by atoms with Crippen LogP contribution >= 0.6 is 11.6 Å². The quantitative estimate of drug-likeness (QED) is 0.372. The summed E-state index contributed by atoms with van der Waals surface area (Å²) in [7, 11) is 0. The fourth-order valence-electron chi connectivity index (χ4n) is 4.71. The smallest absolute Gasteiger partial charge is 0.266 e. The van der Waals surface area contributed by atoms with Crippen LogP contribution in [-0.4, -0.2) is 31.1 Å². The lowest BCUT2D eigenvalue weighted by atomic mass is 9.90. The van der Waals surface area contributed by atoms with Gasteiger partial charge >= 0.3 is 0 Å². The van der Waals surface area contributed by atoms with E-state index in [1.165, 1.54) is 4.90 Å². The molecule has 0 saturated carbocycles. The first-order valence-corrected chi connectivity index (χ1v) is 12.4. The minimum Gasteiger partial charge on any atom is -0.490 e. The molecule has 0 unspecified atom stereocenters. The molecule has 7 nitrogen and oxygen atoms in total. The molecule has 2 saturated heterocycles. The number of fused-ring (bicyclic) bond motifs is 1. The molecule has 2 fully saturated rings. The van der Waals surface area contributed by atoms with Gasteiger partial charge in [0.1, 0.15) is 5.92 Å². The van der Waals surface area contributed by atoms with E-state index in [4.69, 9.17) is 25.9 Å². The molecule has 0 spiro atoms. The lowest BCUT2D eigenvalue weighted by Gasteiger charge is -2.29. The van der Waals surface area contributed by atoms with Crippen LogP contribution in [0.5, 0.6) is 11.5 Å². The number of rotatable bonds is 8. The van der Waals surface area contributed by atoms with Crippen LogP contribution < -0.4 is 19.4 Å². The first-order valence-electron chi connectivity index (χ1n) is 12.1. The molecule has 8 heteroatoms. The Kier molecular flexibility index (Phi) is 6.85. The summed E-state index contributed by atoms with van der Waals surface area (Å²) in [5, 5.41) is 2.19. The molecule has 3 aromatic rings. The van der Waals surface area contributed by atoms with E-state index in [0.29, 0.717) is 35.4 Å². The second-order valence-electron chi connectivity index (χ2n) is 8.63. The lowest BCUT2D eigenvalue weighted by Crippen LogP contribution is -2.37. The van der Waals surface area contributed by atoms with Crippen molar-refractivity contribution in [3.63, 3.8) is 0 Å². The van der Waals surface area contributed by atoms with Crippen molar-refractivity contribution < 1.29 is 23.9 Å². The molecule has 0 aromatic heterocycles. The van der Waals surface area contributed by atoms with Gasteiger partial charge in [0.25, 0.3) is 5.91 Å². The standard InChI is InChI=1S/C28H27ClN2O5/c1-3-16-35-22-15-10-18(17-23(22)34-4-2)25-24-26(36-31(25)21-8-6-5-7-9-21)28(33)30(27(24)32)20-13-11-19(29)12-14-20/h5-15,17,24-26H,3-4,16H2,1-2H3/t24-,25-,26-/m0/s1. The van der Waals surface area contributed by atoms with Crippen molar-refractivity contribution in [1.29, 1.82) is 0 Å². The summed E-state index contributed by atoms with van der Waals surface area (Å²) in [4.78, 5) is 34.6. The van der Waals surface area contributed by atoms with Gasteiger partial charge in [-0.3, -0.25) is 14.4 Å². The summed E-state index contributed by atoms with van der Waals surface area (Å²) in [6.07, 6.45) is -0.0862. The zero-order valence-electron chi connectivity index (χ0n) is 20.1. The topological polar surface area (TPSA) is 68.3 Å². The van der Waals surface area contributed by atoms with Crippen LogP contribution in [0.15, 0.2) is 72.8 Å². The van der Waals surface area contributed by atoms with Gasteiger partial charge in [-0.1, -0.05) is 42.8 Å². The zero-order valence-corrected chi connectivity index (χ0v) is 20.9. The second-order valence-corrected chi connectivity index (χ2v) is 9.07. The van der Waals surface area contributed by atoms with Gasteiger partial charge in [0.2, 0.25) is 5.91 Å². The number of hydroxylamine groups is 1. The maximum Gasteiger partial charge on any atom is 0.266 e. The maximum atomic E-state index is 13.8. The van der Waals surface area contributed by atoms with Crippen molar-refractivity contribution >= 4 is 34.8 Å². The van der Waals surface area contributed by atoms with Crippen molar-refractivity contribution in [3.8, 4) is 11.5 Å². The number of amides is 2. The fraction of sp³-hybridized carbons (Fsp3) is 0.286. The first-order chi connectivity index (χ1) is 17.5. The summed E-state index contributed by atoms with van der Waals surface area (Å²) >= 11 is 6.02. The molecule has 2 amide bonds. The lowest BCUT2D eigenvalue weighted by molar-refractivity contribution is -0.126. The number of hydrogen-bond donors (Lipinski definition) is 0. The summed E-state index contributed by atoms with van der Waals surface area (Å²) in [6, 6.07) is 21.2. The number of para-hydroxylation sites is 1. The third-order valence-corrected chi connectivity index (χ3v) is 6.53. The fourth-order valence-corrected chi connectivity index (χ4v) is 4.83. The molecular formula is C28H27ClN2O5. The molecule has 3 atom stereocenters. The summed E-state index contributed by atoms with van der Waals surface area (Å²) in [5.74, 6) is -0.235. The summed E-state index contributed by atoms with van der Waals surface area (Å²) in [6.45, 7) is 4.97. The van der Waals surface area contributed by atoms with E-state index in [9.17, 15) is 9.59 Å². The van der Waals surface area contributed by atoms with Gasteiger partial charge in [-0.2, -0.15) is 0 Å². The monoisotopic (exact) mass is 506 g/mol. The molecule has 36 heavy (non-hydrogen) atoms. The van der Waals surface area contributed by atoms with Crippen molar-refractivity contribution in [3.05, 3.63) is 83.4 Å². The SMILES string of the molecule is CCCOc1ccc([C@H]2[C@@H]3C(=O)N(c4ccc(Cl)cc4)C(=O)[C@H]3ON2c2ccccc2)cc1OCC. The molecule has 0 N–H and O–H groups in total. The van der Waals surface area contributed by atoms with Gasteiger partial charge in [-0.15, -0.1) is 0 Å². The van der Waals surface area contributed by atoms with E-state index in [-0.39, 0.29) is 5.91 Å². The van der Waals surface area contributed by atoms with Crippen LogP contribution in [0.3, 0.4) is 0 Å². The van der Waals surface area contributed by atoms with Gasteiger partial charge in [0.05, 0.1) is 30.6 Å². The summed E-state index contributed by atoms with van der Waals surface area (Å²) < 4.78 is 11.7. The minimum absolute atomic E-state index is 0.319. The summed E-state index contributed by atoms with van der Waals surface area (Å²) in [5.41, 5.74) is 2.01. The van der Waals surface area contributed by atoms with Crippen LogP contribution in [0.1, 0.15) is 31.9 Å². The Morgan fingerprint density at radius 2 is 1.61 bits per heavy atom. The van der Waals surface area contributed by atoms with Crippen LogP contribution in [-0.2, 0) is 14.4 Å². The molecule has 5 rings (SSSR count). The molecule has 2 heterocycles. The van der Waals surface area contributed by atoms with Gasteiger partial charge < -0.3 is 9.47 Å². The predicted molar refractivity (Wildman–Crippen MR) is 137 cm³/mol. The minimum atomic E-state index is -0.954. The van der Waals surface area contributed by atoms with E-state index in [1.54, 1.807) is 29.3 Å². The van der Waals surface area contributed by atoms with E-state index < -0.39 is 24.0 Å². The number of halogens is 1. The number of hydrogen-bond acceptors (Lipinski definition) is 6. The Hall–Kier alpha value is -3.55. The third-order valence-electron chi connectivity index (χ3n) is 6.28. The molecular weight excluding hydrogens is 480 g/mol. The van der Waals surface area contributed by atoms with Crippen LogP contribution in [0, 0.1) is 5.92 Å². The van der Waals surface area contributed by atoms with Crippen molar-refractivity contribution in [1.82, 2.24) is 0 Å². The number of carbonyl (C=O) groups excluding carboxylic acids is 2. The van der Waals surface area contributed by atoms with E-state index in [1.807, 2.05) is 62.4 Å². The van der Waals surface area contributed by atoms with Crippen LogP contribution in [0.4, 0.5) is 11.4 Å².